The van der Waals surface area contributed by atoms with Crippen LogP contribution in [0.15, 0.2) is 60.7 Å². The summed E-state index contributed by atoms with van der Waals surface area (Å²) in [6.45, 7) is 6.59. The van der Waals surface area contributed by atoms with Crippen molar-refractivity contribution in [3.8, 4) is 0 Å². The summed E-state index contributed by atoms with van der Waals surface area (Å²) in [5.74, 6) is -1.68. The number of benzene rings is 2. The van der Waals surface area contributed by atoms with E-state index >= 15 is 0 Å². The van der Waals surface area contributed by atoms with E-state index in [2.05, 4.69) is 6.92 Å². The Morgan fingerprint density at radius 3 is 1.76 bits per heavy atom. The maximum absolute atomic E-state index is 12.1. The molecule has 0 radical (unpaired) electrons. The summed E-state index contributed by atoms with van der Waals surface area (Å²) in [5.41, 5.74) is 9.01. The zero-order chi connectivity index (χ0) is 39.7. The van der Waals surface area contributed by atoms with E-state index < -0.39 is 54.7 Å². The van der Waals surface area contributed by atoms with E-state index in [1.165, 1.54) is 85.0 Å². The predicted molar refractivity (Wildman–Crippen MR) is 211 cm³/mol. The van der Waals surface area contributed by atoms with Gasteiger partial charge in [-0.3, -0.25) is 14.4 Å². The molecule has 0 amide bonds. The summed E-state index contributed by atoms with van der Waals surface area (Å²) in [4.78, 5) is 35.7. The summed E-state index contributed by atoms with van der Waals surface area (Å²) in [7, 11) is 0. The lowest BCUT2D eigenvalue weighted by molar-refractivity contribution is -0.268. The molecule has 1 heterocycles. The minimum absolute atomic E-state index is 0.0269. The van der Waals surface area contributed by atoms with Crippen LogP contribution in [0.25, 0.3) is 0 Å². The summed E-state index contributed by atoms with van der Waals surface area (Å²) >= 11 is 0. The molecule has 2 aromatic carbocycles. The Kier molecular flexibility index (Phi) is 22.8. The van der Waals surface area contributed by atoms with Crippen LogP contribution in [-0.4, -0.2) is 74.0 Å². The number of ether oxygens (including phenoxy) is 7. The standard InChI is InChI=1S/C44H67NO10/c1-5-6-7-8-9-10-11-12-13-14-15-22-27-39(50-29-36-23-18-16-19-24-36)43(52-30-37-25-20-17-21-26-37)38(45)31-51-42-28-40(53-34(3)47)44(54-35(4)48)41(55-42)32-49-33(2)46/h16-21,23-26,38-44H,5-15,22,27-32,45H2,1-4H3/t38-,39+,40+,41+,42-,43-,44+/m0/s1. The third-order valence-electron chi connectivity index (χ3n) is 9.75. The van der Waals surface area contributed by atoms with Gasteiger partial charge in [-0.05, 0) is 17.5 Å². The van der Waals surface area contributed by atoms with Crippen molar-refractivity contribution in [1.29, 1.82) is 0 Å². The van der Waals surface area contributed by atoms with Crippen LogP contribution < -0.4 is 5.73 Å². The second kappa shape index (κ2) is 27.3. The van der Waals surface area contributed by atoms with Crippen LogP contribution >= 0.6 is 0 Å². The topological polar surface area (TPSA) is 142 Å². The van der Waals surface area contributed by atoms with Crippen molar-refractivity contribution in [1.82, 2.24) is 0 Å². The molecule has 2 N–H and O–H groups in total. The summed E-state index contributed by atoms with van der Waals surface area (Å²) in [6, 6.07) is 19.4. The minimum Gasteiger partial charge on any atom is -0.463 e. The second-order valence-corrected chi connectivity index (χ2v) is 14.6. The third-order valence-corrected chi connectivity index (χ3v) is 9.75. The van der Waals surface area contributed by atoms with Crippen molar-refractivity contribution >= 4 is 17.9 Å². The number of unbranched alkanes of at least 4 members (excludes halogenated alkanes) is 11. The Hall–Kier alpha value is -3.35. The molecule has 55 heavy (non-hydrogen) atoms. The van der Waals surface area contributed by atoms with Crippen molar-refractivity contribution in [2.45, 2.75) is 174 Å². The van der Waals surface area contributed by atoms with Gasteiger partial charge >= 0.3 is 17.9 Å². The van der Waals surface area contributed by atoms with Crippen molar-refractivity contribution in [3.05, 3.63) is 71.8 Å². The smallest absolute Gasteiger partial charge is 0.303 e. The molecule has 0 aromatic heterocycles. The molecule has 0 bridgehead atoms. The number of carbonyl (C=O) groups is 3. The van der Waals surface area contributed by atoms with Gasteiger partial charge in [-0.1, -0.05) is 145 Å². The average Bonchev–Trinajstić information content (AvgIpc) is 3.16. The van der Waals surface area contributed by atoms with E-state index in [-0.39, 0.29) is 25.7 Å². The van der Waals surface area contributed by atoms with Gasteiger partial charge in [0.25, 0.3) is 0 Å². The number of nitrogens with two attached hydrogens (primary N) is 1. The molecule has 308 valence electrons. The van der Waals surface area contributed by atoms with Crippen molar-refractivity contribution in [3.63, 3.8) is 0 Å². The Balaban J connectivity index is 1.70. The average molecular weight is 770 g/mol. The van der Waals surface area contributed by atoms with Crippen LogP contribution in [0.2, 0.25) is 0 Å². The van der Waals surface area contributed by atoms with Gasteiger partial charge in [-0.2, -0.15) is 0 Å². The van der Waals surface area contributed by atoms with E-state index in [1.807, 2.05) is 60.7 Å². The summed E-state index contributed by atoms with van der Waals surface area (Å²) in [5, 5.41) is 0. The first kappa shape index (κ1) is 46.0. The fourth-order valence-corrected chi connectivity index (χ4v) is 6.90. The summed E-state index contributed by atoms with van der Waals surface area (Å²) in [6.07, 6.45) is 11.3. The highest BCUT2D eigenvalue weighted by molar-refractivity contribution is 5.67. The molecular formula is C44H67NO10. The molecule has 7 atom stereocenters. The van der Waals surface area contributed by atoms with Gasteiger partial charge < -0.3 is 38.9 Å². The number of hydrogen-bond acceptors (Lipinski definition) is 11. The first-order chi connectivity index (χ1) is 26.7. The predicted octanol–water partition coefficient (Wildman–Crippen LogP) is 8.13. The van der Waals surface area contributed by atoms with Crippen molar-refractivity contribution in [2.75, 3.05) is 13.2 Å². The van der Waals surface area contributed by atoms with E-state index in [1.54, 1.807) is 0 Å². The number of carbonyl (C=O) groups excluding carboxylic acids is 3. The van der Waals surface area contributed by atoms with E-state index in [0.29, 0.717) is 13.2 Å². The molecule has 1 aliphatic rings. The van der Waals surface area contributed by atoms with E-state index in [4.69, 9.17) is 38.9 Å². The van der Waals surface area contributed by atoms with Gasteiger partial charge in [0.15, 0.2) is 12.4 Å². The SMILES string of the molecule is CCCCCCCCCCCCCC[C@@H](OCc1ccccc1)[C@@H](OCc1ccccc1)[C@@H](N)CO[C@@H]1C[C@@H](OC(C)=O)[C@@H](OC(C)=O)[C@@H](COC(C)=O)O1. The lowest BCUT2D eigenvalue weighted by Gasteiger charge is -2.40. The van der Waals surface area contributed by atoms with Crippen LogP contribution in [0.4, 0.5) is 0 Å². The highest BCUT2D eigenvalue weighted by Gasteiger charge is 2.44. The molecule has 0 unspecified atom stereocenters. The molecule has 2 aromatic rings. The van der Waals surface area contributed by atoms with Gasteiger partial charge in [0.2, 0.25) is 0 Å². The Bertz CT molecular complexity index is 1330. The van der Waals surface area contributed by atoms with Gasteiger partial charge in [-0.15, -0.1) is 0 Å². The fourth-order valence-electron chi connectivity index (χ4n) is 6.90. The van der Waals surface area contributed by atoms with Gasteiger partial charge in [0.1, 0.15) is 24.9 Å². The largest absolute Gasteiger partial charge is 0.463 e. The molecule has 1 fully saturated rings. The monoisotopic (exact) mass is 769 g/mol. The molecule has 0 spiro atoms. The highest BCUT2D eigenvalue weighted by Crippen LogP contribution is 2.28. The fraction of sp³-hybridized carbons (Fsp3) is 0.659. The van der Waals surface area contributed by atoms with Crippen LogP contribution in [0.5, 0.6) is 0 Å². The molecular weight excluding hydrogens is 702 g/mol. The van der Waals surface area contributed by atoms with E-state index in [9.17, 15) is 14.4 Å². The van der Waals surface area contributed by atoms with Crippen LogP contribution in [0.1, 0.15) is 129 Å². The van der Waals surface area contributed by atoms with Gasteiger partial charge in [-0.25, -0.2) is 0 Å². The molecule has 0 aliphatic carbocycles. The minimum atomic E-state index is -0.998. The second-order valence-electron chi connectivity index (χ2n) is 14.6. The molecule has 3 rings (SSSR count). The lowest BCUT2D eigenvalue weighted by atomic mass is 9.98. The number of hydrogen-bond donors (Lipinski definition) is 1. The zero-order valence-corrected chi connectivity index (χ0v) is 33.7. The van der Waals surface area contributed by atoms with Crippen LogP contribution in [0, 0.1) is 0 Å². The van der Waals surface area contributed by atoms with Gasteiger partial charge in [0.05, 0.1) is 32.0 Å². The molecule has 0 saturated carbocycles. The van der Waals surface area contributed by atoms with Gasteiger partial charge in [0, 0.05) is 27.2 Å². The number of esters is 3. The number of rotatable bonds is 28. The Labute approximate surface area is 329 Å². The maximum atomic E-state index is 12.1. The molecule has 1 saturated heterocycles. The van der Waals surface area contributed by atoms with Crippen LogP contribution in [-0.2, 0) is 60.8 Å². The normalized spacial score (nSPS) is 19.9. The van der Waals surface area contributed by atoms with Crippen molar-refractivity contribution < 1.29 is 47.5 Å². The summed E-state index contributed by atoms with van der Waals surface area (Å²) < 4.78 is 41.9. The molecule has 11 nitrogen and oxygen atoms in total. The zero-order valence-electron chi connectivity index (χ0n) is 33.7. The van der Waals surface area contributed by atoms with Crippen LogP contribution in [0.3, 0.4) is 0 Å². The molecule has 1 aliphatic heterocycles. The maximum Gasteiger partial charge on any atom is 0.303 e. The quantitative estimate of drug-likeness (QED) is 0.0509. The highest BCUT2D eigenvalue weighted by atomic mass is 16.7. The molecule has 11 heteroatoms. The first-order valence-electron chi connectivity index (χ1n) is 20.5. The lowest BCUT2D eigenvalue weighted by Crippen LogP contribution is -2.55. The Morgan fingerprint density at radius 1 is 0.709 bits per heavy atom. The van der Waals surface area contributed by atoms with E-state index in [0.717, 1.165) is 30.4 Å². The first-order valence-corrected chi connectivity index (χ1v) is 20.5. The Morgan fingerprint density at radius 2 is 1.24 bits per heavy atom. The third kappa shape index (κ3) is 19.4. The van der Waals surface area contributed by atoms with Crippen molar-refractivity contribution in [2.24, 2.45) is 5.73 Å².